The third-order valence-electron chi connectivity index (χ3n) is 3.65. The Balaban J connectivity index is 2.18. The van der Waals surface area contributed by atoms with E-state index in [1.54, 1.807) is 0 Å². The maximum absolute atomic E-state index is 9.12. The van der Waals surface area contributed by atoms with Crippen LogP contribution in [0.4, 0.5) is 0 Å². The van der Waals surface area contributed by atoms with Gasteiger partial charge >= 0.3 is 0 Å². The van der Waals surface area contributed by atoms with Crippen LogP contribution in [0.25, 0.3) is 0 Å². The van der Waals surface area contributed by atoms with E-state index in [9.17, 15) is 0 Å². The molecule has 2 unspecified atom stereocenters. The standard InChI is InChI=1S/C15H20N2/c1-2-12(10-16)13-5-3-6-14(9-13)15-7-4-8-17-11-15/h3,5-6,9,12,15,17H,2,4,7-8,11H2,1H3. The zero-order valence-electron chi connectivity index (χ0n) is 10.4. The van der Waals surface area contributed by atoms with Gasteiger partial charge in [0.15, 0.2) is 0 Å². The number of benzene rings is 1. The van der Waals surface area contributed by atoms with Crippen LogP contribution in [0.3, 0.4) is 0 Å². The van der Waals surface area contributed by atoms with Gasteiger partial charge in [-0.1, -0.05) is 31.2 Å². The Kier molecular flexibility index (Phi) is 4.17. The van der Waals surface area contributed by atoms with Gasteiger partial charge in [0.1, 0.15) is 0 Å². The molecule has 1 N–H and O–H groups in total. The Labute approximate surface area is 104 Å². The molecule has 90 valence electrons. The van der Waals surface area contributed by atoms with Crippen LogP contribution in [0.1, 0.15) is 49.1 Å². The molecule has 1 aromatic carbocycles. The number of nitrogens with zero attached hydrogens (tertiary/aromatic N) is 1. The smallest absolute Gasteiger partial charge is 0.0710 e. The van der Waals surface area contributed by atoms with Crippen molar-refractivity contribution in [2.75, 3.05) is 13.1 Å². The third-order valence-corrected chi connectivity index (χ3v) is 3.65. The molecule has 2 heteroatoms. The van der Waals surface area contributed by atoms with E-state index in [0.717, 1.165) is 19.5 Å². The SMILES string of the molecule is CCC(C#N)c1cccc(C2CCCNC2)c1. The molecule has 1 fully saturated rings. The van der Waals surface area contributed by atoms with E-state index in [-0.39, 0.29) is 5.92 Å². The average molecular weight is 228 g/mol. The monoisotopic (exact) mass is 228 g/mol. The Morgan fingerprint density at radius 2 is 2.41 bits per heavy atom. The Morgan fingerprint density at radius 3 is 3.06 bits per heavy atom. The topological polar surface area (TPSA) is 35.8 Å². The number of nitriles is 1. The lowest BCUT2D eigenvalue weighted by Gasteiger charge is -2.23. The van der Waals surface area contributed by atoms with E-state index in [1.807, 2.05) is 0 Å². The quantitative estimate of drug-likeness (QED) is 0.862. The van der Waals surface area contributed by atoms with Gasteiger partial charge in [-0.2, -0.15) is 5.26 Å². The Bertz CT molecular complexity index is 400. The predicted octanol–water partition coefficient (Wildman–Crippen LogP) is 3.17. The molecule has 2 nitrogen and oxygen atoms in total. The lowest BCUT2D eigenvalue weighted by Crippen LogP contribution is -2.28. The lowest BCUT2D eigenvalue weighted by molar-refractivity contribution is 0.461. The number of hydrogen-bond donors (Lipinski definition) is 1. The van der Waals surface area contributed by atoms with Crippen molar-refractivity contribution in [1.29, 1.82) is 5.26 Å². The highest BCUT2D eigenvalue weighted by molar-refractivity contribution is 5.32. The minimum Gasteiger partial charge on any atom is -0.316 e. The molecule has 0 aromatic heterocycles. The van der Waals surface area contributed by atoms with Crippen LogP contribution in [-0.4, -0.2) is 13.1 Å². The van der Waals surface area contributed by atoms with Crippen molar-refractivity contribution in [2.24, 2.45) is 0 Å². The van der Waals surface area contributed by atoms with Crippen molar-refractivity contribution in [2.45, 2.75) is 38.0 Å². The largest absolute Gasteiger partial charge is 0.316 e. The number of nitrogens with one attached hydrogen (secondary N) is 1. The molecular formula is C15H20N2. The fourth-order valence-corrected chi connectivity index (χ4v) is 2.57. The van der Waals surface area contributed by atoms with Crippen LogP contribution in [0, 0.1) is 11.3 Å². The van der Waals surface area contributed by atoms with Crippen molar-refractivity contribution in [1.82, 2.24) is 5.32 Å². The van der Waals surface area contributed by atoms with Crippen LogP contribution in [0.2, 0.25) is 0 Å². The second kappa shape index (κ2) is 5.84. The summed E-state index contributed by atoms with van der Waals surface area (Å²) in [7, 11) is 0. The van der Waals surface area contributed by atoms with E-state index in [0.29, 0.717) is 5.92 Å². The zero-order valence-corrected chi connectivity index (χ0v) is 10.4. The first kappa shape index (κ1) is 12.1. The summed E-state index contributed by atoms with van der Waals surface area (Å²) in [6.07, 6.45) is 3.41. The summed E-state index contributed by atoms with van der Waals surface area (Å²) in [6, 6.07) is 11.0. The van der Waals surface area contributed by atoms with Gasteiger partial charge in [-0.05, 0) is 42.9 Å². The summed E-state index contributed by atoms with van der Waals surface area (Å²) in [5.41, 5.74) is 2.57. The first-order valence-corrected chi connectivity index (χ1v) is 6.55. The molecule has 1 saturated heterocycles. The lowest BCUT2D eigenvalue weighted by atomic mass is 9.88. The highest BCUT2D eigenvalue weighted by Crippen LogP contribution is 2.27. The summed E-state index contributed by atoms with van der Waals surface area (Å²) in [4.78, 5) is 0. The van der Waals surface area contributed by atoms with Crippen molar-refractivity contribution in [3.63, 3.8) is 0 Å². The molecule has 2 atom stereocenters. The first-order valence-electron chi connectivity index (χ1n) is 6.55. The normalized spacial score (nSPS) is 21.8. The molecule has 0 amide bonds. The third kappa shape index (κ3) is 2.87. The molecule has 0 spiro atoms. The van der Waals surface area contributed by atoms with Crippen LogP contribution in [0.5, 0.6) is 0 Å². The molecule has 1 aliphatic rings. The van der Waals surface area contributed by atoms with Crippen LogP contribution >= 0.6 is 0 Å². The number of piperidine rings is 1. The first-order chi connectivity index (χ1) is 8.35. The minimum atomic E-state index is 0.0477. The number of hydrogen-bond acceptors (Lipinski definition) is 2. The molecule has 0 bridgehead atoms. The maximum Gasteiger partial charge on any atom is 0.0710 e. The molecule has 1 aromatic rings. The van der Waals surface area contributed by atoms with Gasteiger partial charge in [0.2, 0.25) is 0 Å². The van der Waals surface area contributed by atoms with Gasteiger partial charge in [-0.25, -0.2) is 0 Å². The Hall–Kier alpha value is -1.33. The predicted molar refractivity (Wildman–Crippen MR) is 69.9 cm³/mol. The van der Waals surface area contributed by atoms with Gasteiger partial charge in [0.25, 0.3) is 0 Å². The fraction of sp³-hybridized carbons (Fsp3) is 0.533. The maximum atomic E-state index is 9.12. The van der Waals surface area contributed by atoms with Gasteiger partial charge in [0, 0.05) is 6.54 Å². The molecule has 0 radical (unpaired) electrons. The molecule has 1 heterocycles. The van der Waals surface area contributed by atoms with Gasteiger partial charge in [0.05, 0.1) is 12.0 Å². The summed E-state index contributed by atoms with van der Waals surface area (Å²) < 4.78 is 0. The van der Waals surface area contributed by atoms with Crippen molar-refractivity contribution >= 4 is 0 Å². The van der Waals surface area contributed by atoms with Crippen molar-refractivity contribution in [3.8, 4) is 6.07 Å². The van der Waals surface area contributed by atoms with Crippen molar-refractivity contribution < 1.29 is 0 Å². The van der Waals surface area contributed by atoms with E-state index >= 15 is 0 Å². The highest BCUT2D eigenvalue weighted by atomic mass is 14.9. The van der Waals surface area contributed by atoms with E-state index < -0.39 is 0 Å². The van der Waals surface area contributed by atoms with E-state index in [2.05, 4.69) is 42.6 Å². The average Bonchev–Trinajstić information content (AvgIpc) is 2.42. The van der Waals surface area contributed by atoms with Gasteiger partial charge in [-0.3, -0.25) is 0 Å². The summed E-state index contributed by atoms with van der Waals surface area (Å²) in [5.74, 6) is 0.673. The Morgan fingerprint density at radius 1 is 1.53 bits per heavy atom. The molecular weight excluding hydrogens is 208 g/mol. The molecule has 17 heavy (non-hydrogen) atoms. The second-order valence-electron chi connectivity index (χ2n) is 4.80. The van der Waals surface area contributed by atoms with Crippen molar-refractivity contribution in [3.05, 3.63) is 35.4 Å². The van der Waals surface area contributed by atoms with Crippen LogP contribution < -0.4 is 5.32 Å². The zero-order chi connectivity index (χ0) is 12.1. The van der Waals surface area contributed by atoms with Crippen LogP contribution in [-0.2, 0) is 0 Å². The second-order valence-corrected chi connectivity index (χ2v) is 4.80. The van der Waals surface area contributed by atoms with E-state index in [1.165, 1.54) is 24.0 Å². The van der Waals surface area contributed by atoms with Crippen LogP contribution in [0.15, 0.2) is 24.3 Å². The fourth-order valence-electron chi connectivity index (χ4n) is 2.57. The number of rotatable bonds is 3. The summed E-state index contributed by atoms with van der Waals surface area (Å²) in [5, 5.41) is 12.6. The van der Waals surface area contributed by atoms with E-state index in [4.69, 9.17) is 5.26 Å². The van der Waals surface area contributed by atoms with Gasteiger partial charge < -0.3 is 5.32 Å². The summed E-state index contributed by atoms with van der Waals surface area (Å²) >= 11 is 0. The molecule has 2 rings (SSSR count). The summed E-state index contributed by atoms with van der Waals surface area (Å²) in [6.45, 7) is 4.29. The minimum absolute atomic E-state index is 0.0477. The molecule has 1 aliphatic heterocycles. The molecule has 0 aliphatic carbocycles. The van der Waals surface area contributed by atoms with Gasteiger partial charge in [-0.15, -0.1) is 0 Å². The molecule has 0 saturated carbocycles. The highest BCUT2D eigenvalue weighted by Gasteiger charge is 2.16.